The first-order valence-electron chi connectivity index (χ1n) is 5.20. The number of aryl methyl sites for hydroxylation is 2. The zero-order chi connectivity index (χ0) is 12.4. The van der Waals surface area contributed by atoms with Gasteiger partial charge < -0.3 is 4.98 Å². The Morgan fingerprint density at radius 3 is 2.71 bits per heavy atom. The highest BCUT2D eigenvalue weighted by Crippen LogP contribution is 2.17. The number of nitriles is 1. The number of nitrogens with one attached hydrogen (secondary N) is 1. The van der Waals surface area contributed by atoms with Crippen molar-refractivity contribution in [3.05, 3.63) is 45.7 Å². The predicted molar refractivity (Wildman–Crippen MR) is 69.0 cm³/mol. The molecule has 0 aliphatic carbocycles. The fraction of sp³-hybridized carbons (Fsp3) is 0.154. The first-order chi connectivity index (χ1) is 8.11. The molecule has 1 N–H and O–H groups in total. The van der Waals surface area contributed by atoms with Crippen LogP contribution in [0, 0.1) is 29.8 Å². The van der Waals surface area contributed by atoms with Gasteiger partial charge in [-0.25, -0.2) is 4.98 Å². The van der Waals surface area contributed by atoms with Crippen molar-refractivity contribution in [1.82, 2.24) is 9.97 Å². The zero-order valence-corrected chi connectivity index (χ0v) is 10.4. The summed E-state index contributed by atoms with van der Waals surface area (Å²) in [6.45, 7) is 3.85. The molecule has 3 nitrogen and oxygen atoms in total. The second-order valence-corrected chi connectivity index (χ2v) is 4.26. The van der Waals surface area contributed by atoms with E-state index in [0.717, 1.165) is 16.8 Å². The molecule has 2 rings (SSSR count). The SMILES string of the molecule is Cc1cccc(-c2nc(=S)c(C#N)c(C)[nH]2)c1. The van der Waals surface area contributed by atoms with Gasteiger partial charge >= 0.3 is 0 Å². The molecule has 0 saturated carbocycles. The van der Waals surface area contributed by atoms with Crippen molar-refractivity contribution < 1.29 is 0 Å². The Kier molecular flexibility index (Phi) is 3.03. The largest absolute Gasteiger partial charge is 0.342 e. The lowest BCUT2D eigenvalue weighted by atomic mass is 10.1. The summed E-state index contributed by atoms with van der Waals surface area (Å²) in [6, 6.07) is 10.0. The van der Waals surface area contributed by atoms with E-state index in [9.17, 15) is 0 Å². The van der Waals surface area contributed by atoms with Crippen LogP contribution in [0.3, 0.4) is 0 Å². The highest BCUT2D eigenvalue weighted by molar-refractivity contribution is 7.71. The topological polar surface area (TPSA) is 52.5 Å². The summed E-state index contributed by atoms with van der Waals surface area (Å²) in [5.74, 6) is 0.704. The monoisotopic (exact) mass is 241 g/mol. The predicted octanol–water partition coefficient (Wildman–Crippen LogP) is 3.29. The number of benzene rings is 1. The first kappa shape index (κ1) is 11.5. The highest BCUT2D eigenvalue weighted by Gasteiger charge is 2.06. The minimum atomic E-state index is 0.347. The van der Waals surface area contributed by atoms with E-state index in [1.54, 1.807) is 0 Å². The Hall–Kier alpha value is -1.99. The molecule has 0 bridgehead atoms. The Morgan fingerprint density at radius 2 is 2.12 bits per heavy atom. The smallest absolute Gasteiger partial charge is 0.148 e. The van der Waals surface area contributed by atoms with Crippen LogP contribution in [0.25, 0.3) is 11.4 Å². The van der Waals surface area contributed by atoms with Crippen molar-refractivity contribution in [2.45, 2.75) is 13.8 Å². The maximum atomic E-state index is 8.93. The fourth-order valence-electron chi connectivity index (χ4n) is 1.65. The minimum Gasteiger partial charge on any atom is -0.342 e. The molecule has 4 heteroatoms. The lowest BCUT2D eigenvalue weighted by molar-refractivity contribution is 1.08. The molecule has 0 aliphatic rings. The van der Waals surface area contributed by atoms with Crippen molar-refractivity contribution in [2.75, 3.05) is 0 Å². The number of H-pyrrole nitrogens is 1. The van der Waals surface area contributed by atoms with Gasteiger partial charge in [-0.05, 0) is 19.9 Å². The fourth-order valence-corrected chi connectivity index (χ4v) is 1.94. The molecule has 0 amide bonds. The van der Waals surface area contributed by atoms with Crippen LogP contribution >= 0.6 is 12.2 Å². The number of aromatic nitrogens is 2. The molecule has 0 atom stereocenters. The van der Waals surface area contributed by atoms with Crippen molar-refractivity contribution in [2.24, 2.45) is 0 Å². The Balaban J connectivity index is 2.63. The molecule has 0 saturated heterocycles. The summed E-state index contributed by atoms with van der Waals surface area (Å²) >= 11 is 5.11. The molecular weight excluding hydrogens is 230 g/mol. The third-order valence-electron chi connectivity index (χ3n) is 2.51. The summed E-state index contributed by atoms with van der Waals surface area (Å²) in [7, 11) is 0. The standard InChI is InChI=1S/C13H11N3S/c1-8-4-3-5-10(6-8)12-15-9(2)11(7-14)13(17)16-12/h3-6H,1-2H3,(H,15,16,17). The zero-order valence-electron chi connectivity index (χ0n) is 9.61. The van der Waals surface area contributed by atoms with Gasteiger partial charge in [0.1, 0.15) is 22.1 Å². The number of aromatic amines is 1. The van der Waals surface area contributed by atoms with Gasteiger partial charge in [-0.2, -0.15) is 5.26 Å². The van der Waals surface area contributed by atoms with Gasteiger partial charge in [-0.3, -0.25) is 0 Å². The van der Waals surface area contributed by atoms with E-state index < -0.39 is 0 Å². The third kappa shape index (κ3) is 2.24. The normalized spacial score (nSPS) is 9.94. The first-order valence-corrected chi connectivity index (χ1v) is 5.60. The molecule has 0 spiro atoms. The lowest BCUT2D eigenvalue weighted by Crippen LogP contribution is -1.97. The van der Waals surface area contributed by atoms with Gasteiger partial charge in [-0.1, -0.05) is 36.0 Å². The number of hydrogen-bond donors (Lipinski definition) is 1. The van der Waals surface area contributed by atoms with E-state index in [-0.39, 0.29) is 0 Å². The van der Waals surface area contributed by atoms with Gasteiger partial charge in [0.25, 0.3) is 0 Å². The van der Waals surface area contributed by atoms with Crippen LogP contribution in [0.1, 0.15) is 16.8 Å². The van der Waals surface area contributed by atoms with Crippen molar-refractivity contribution in [3.8, 4) is 17.5 Å². The van der Waals surface area contributed by atoms with Crippen molar-refractivity contribution in [3.63, 3.8) is 0 Å². The Labute approximate surface area is 105 Å². The van der Waals surface area contributed by atoms with Gasteiger partial charge in [0.15, 0.2) is 0 Å². The van der Waals surface area contributed by atoms with Crippen LogP contribution in [-0.4, -0.2) is 9.97 Å². The van der Waals surface area contributed by atoms with Crippen LogP contribution < -0.4 is 0 Å². The second-order valence-electron chi connectivity index (χ2n) is 3.87. The van der Waals surface area contributed by atoms with E-state index in [2.05, 4.69) is 16.0 Å². The van der Waals surface area contributed by atoms with Gasteiger partial charge in [0.2, 0.25) is 0 Å². The van der Waals surface area contributed by atoms with Gasteiger partial charge in [0, 0.05) is 11.3 Å². The third-order valence-corrected chi connectivity index (χ3v) is 2.81. The average Bonchev–Trinajstić information content (AvgIpc) is 2.28. The molecule has 0 aliphatic heterocycles. The molecule has 1 heterocycles. The van der Waals surface area contributed by atoms with E-state index in [4.69, 9.17) is 17.5 Å². The molecule has 0 unspecified atom stereocenters. The van der Waals surface area contributed by atoms with Crippen molar-refractivity contribution >= 4 is 12.2 Å². The van der Waals surface area contributed by atoms with Crippen LogP contribution in [-0.2, 0) is 0 Å². The van der Waals surface area contributed by atoms with Gasteiger partial charge in [0.05, 0.1) is 0 Å². The molecule has 0 radical (unpaired) electrons. The minimum absolute atomic E-state index is 0.347. The summed E-state index contributed by atoms with van der Waals surface area (Å²) in [5, 5.41) is 8.93. The summed E-state index contributed by atoms with van der Waals surface area (Å²) < 4.78 is 0.347. The molecule has 0 fully saturated rings. The molecule has 84 valence electrons. The number of rotatable bonds is 1. The molecular formula is C13H11N3S. The van der Waals surface area contributed by atoms with Gasteiger partial charge in [-0.15, -0.1) is 0 Å². The van der Waals surface area contributed by atoms with Crippen LogP contribution in [0.5, 0.6) is 0 Å². The number of nitrogens with zero attached hydrogens (tertiary/aromatic N) is 2. The quantitative estimate of drug-likeness (QED) is 0.779. The summed E-state index contributed by atoms with van der Waals surface area (Å²) in [4.78, 5) is 7.36. The Morgan fingerprint density at radius 1 is 1.35 bits per heavy atom. The van der Waals surface area contributed by atoms with E-state index in [1.807, 2.05) is 38.1 Å². The maximum Gasteiger partial charge on any atom is 0.148 e. The number of hydrogen-bond acceptors (Lipinski definition) is 3. The highest BCUT2D eigenvalue weighted by atomic mass is 32.1. The van der Waals surface area contributed by atoms with Crippen LogP contribution in [0.2, 0.25) is 0 Å². The molecule has 17 heavy (non-hydrogen) atoms. The summed E-state index contributed by atoms with van der Waals surface area (Å²) in [5.41, 5.74) is 3.33. The second kappa shape index (κ2) is 4.48. The van der Waals surface area contributed by atoms with E-state index >= 15 is 0 Å². The maximum absolute atomic E-state index is 8.93. The molecule has 1 aromatic carbocycles. The van der Waals surface area contributed by atoms with Crippen molar-refractivity contribution in [1.29, 1.82) is 5.26 Å². The molecule has 2 aromatic rings. The lowest BCUT2D eigenvalue weighted by Gasteiger charge is -2.05. The summed E-state index contributed by atoms with van der Waals surface area (Å²) in [6.07, 6.45) is 0. The van der Waals surface area contributed by atoms with Crippen LogP contribution in [0.15, 0.2) is 24.3 Å². The average molecular weight is 241 g/mol. The van der Waals surface area contributed by atoms with Crippen LogP contribution in [0.4, 0.5) is 0 Å². The Bertz CT molecular complexity index is 665. The molecule has 1 aromatic heterocycles. The van der Waals surface area contributed by atoms with E-state index in [0.29, 0.717) is 16.0 Å². The van der Waals surface area contributed by atoms with E-state index in [1.165, 1.54) is 0 Å².